The van der Waals surface area contributed by atoms with Crippen LogP contribution in [0.5, 0.6) is 0 Å². The molecule has 0 unspecified atom stereocenters. The van der Waals surface area contributed by atoms with Crippen molar-refractivity contribution in [2.45, 2.75) is 13.5 Å². The van der Waals surface area contributed by atoms with Crippen molar-refractivity contribution < 1.29 is 19.2 Å². The zero-order valence-electron chi connectivity index (χ0n) is 12.4. The number of carbonyl (C=O) groups is 1. The summed E-state index contributed by atoms with van der Waals surface area (Å²) in [6.45, 7) is 1.13. The minimum Gasteiger partial charge on any atom is -0.358 e. The summed E-state index contributed by atoms with van der Waals surface area (Å²) < 4.78 is 6.02. The van der Waals surface area contributed by atoms with Gasteiger partial charge in [-0.15, -0.1) is 5.10 Å². The average molecular weight is 348 g/mol. The Kier molecular flexibility index (Phi) is 3.76. The monoisotopic (exact) mass is 348 g/mol. The zero-order chi connectivity index (χ0) is 18.1. The van der Waals surface area contributed by atoms with Crippen LogP contribution in [0.2, 0.25) is 0 Å². The van der Waals surface area contributed by atoms with Crippen LogP contribution in [0.4, 0.5) is 11.6 Å². The summed E-state index contributed by atoms with van der Waals surface area (Å²) in [4.78, 5) is 35.6. The third kappa shape index (κ3) is 2.94. The SMILES string of the molecule is CC(=O)Cn1cc(-c2nc(-c3cn[nH]c3[N+](=O)[O-])no2)c([N+](=O)[O-])n1. The Morgan fingerprint density at radius 2 is 2.08 bits per heavy atom. The van der Waals surface area contributed by atoms with Gasteiger partial charge < -0.3 is 24.8 Å². The number of nitrogens with one attached hydrogen (secondary N) is 1. The fourth-order valence-corrected chi connectivity index (χ4v) is 2.03. The fraction of sp³-hybridized carbons (Fsp3) is 0.182. The topological polar surface area (TPSA) is 189 Å². The second kappa shape index (κ2) is 5.91. The van der Waals surface area contributed by atoms with Crippen molar-refractivity contribution >= 4 is 17.4 Å². The Labute approximate surface area is 136 Å². The lowest BCUT2D eigenvalue weighted by Gasteiger charge is -1.91. The minimum atomic E-state index is -0.768. The number of Topliss-reactive ketones (excluding diaryl/α,β-unsaturated/α-hetero) is 1. The third-order valence-electron chi connectivity index (χ3n) is 3.00. The standard InChI is InChI=1S/C11H8N8O6/c1-5(20)3-17-4-7(10(15-17)19(23)24)11-13-8(16-25-11)6-2-12-14-9(6)18(21)22/h2,4H,3H2,1H3,(H,12,14). The smallest absolute Gasteiger partial charge is 0.358 e. The molecule has 14 nitrogen and oxygen atoms in total. The van der Waals surface area contributed by atoms with Crippen molar-refractivity contribution in [2.75, 3.05) is 0 Å². The summed E-state index contributed by atoms with van der Waals surface area (Å²) in [5, 5.41) is 35.0. The maximum Gasteiger partial charge on any atom is 0.402 e. The molecular formula is C11H8N8O6. The average Bonchev–Trinajstić information content (AvgIpc) is 3.24. The van der Waals surface area contributed by atoms with Crippen LogP contribution in [0.25, 0.3) is 22.8 Å². The summed E-state index contributed by atoms with van der Waals surface area (Å²) in [5.74, 6) is -1.74. The van der Waals surface area contributed by atoms with Gasteiger partial charge in [0.2, 0.25) is 5.82 Å². The van der Waals surface area contributed by atoms with E-state index in [1.807, 2.05) is 0 Å². The first-order valence-electron chi connectivity index (χ1n) is 6.60. The van der Waals surface area contributed by atoms with Crippen LogP contribution in [0.1, 0.15) is 6.92 Å². The van der Waals surface area contributed by atoms with Gasteiger partial charge in [-0.05, 0) is 16.8 Å². The summed E-state index contributed by atoms with van der Waals surface area (Å²) in [5.41, 5.74) is -0.157. The molecule has 3 heterocycles. The predicted octanol–water partition coefficient (Wildman–Crippen LogP) is 0.729. The fourth-order valence-electron chi connectivity index (χ4n) is 2.03. The summed E-state index contributed by atoms with van der Waals surface area (Å²) in [6, 6.07) is 0. The van der Waals surface area contributed by atoms with E-state index in [0.29, 0.717) is 0 Å². The normalized spacial score (nSPS) is 10.8. The van der Waals surface area contributed by atoms with Crippen molar-refractivity contribution in [1.29, 1.82) is 0 Å². The number of rotatable bonds is 6. The predicted molar refractivity (Wildman–Crippen MR) is 77.1 cm³/mol. The first-order chi connectivity index (χ1) is 11.9. The molecule has 0 aliphatic carbocycles. The highest BCUT2D eigenvalue weighted by molar-refractivity contribution is 5.75. The van der Waals surface area contributed by atoms with Gasteiger partial charge in [-0.3, -0.25) is 4.79 Å². The molecule has 1 N–H and O–H groups in total. The number of hydrogen-bond donors (Lipinski definition) is 1. The molecule has 0 aliphatic rings. The number of aromatic amines is 1. The molecule has 0 fully saturated rings. The molecule has 3 aromatic heterocycles. The Morgan fingerprint density at radius 1 is 1.32 bits per heavy atom. The number of nitrogens with zero attached hydrogens (tertiary/aromatic N) is 7. The first kappa shape index (κ1) is 15.9. The molecule has 3 rings (SSSR count). The number of hydrogen-bond acceptors (Lipinski definition) is 10. The molecule has 0 saturated carbocycles. The molecule has 0 atom stereocenters. The lowest BCUT2D eigenvalue weighted by molar-refractivity contribution is -0.389. The Bertz CT molecular complexity index is 985. The van der Waals surface area contributed by atoms with Crippen molar-refractivity contribution in [1.82, 2.24) is 30.1 Å². The van der Waals surface area contributed by atoms with E-state index in [1.165, 1.54) is 13.1 Å². The van der Waals surface area contributed by atoms with Gasteiger partial charge in [0, 0.05) is 0 Å². The van der Waals surface area contributed by atoms with Gasteiger partial charge in [-0.2, -0.15) is 9.67 Å². The van der Waals surface area contributed by atoms with Gasteiger partial charge in [-0.1, -0.05) is 10.3 Å². The quantitative estimate of drug-likeness (QED) is 0.490. The molecular weight excluding hydrogens is 340 g/mol. The van der Waals surface area contributed by atoms with E-state index in [-0.39, 0.29) is 35.2 Å². The second-order valence-electron chi connectivity index (χ2n) is 4.84. The summed E-state index contributed by atoms with van der Waals surface area (Å²) in [7, 11) is 0. The van der Waals surface area contributed by atoms with Crippen LogP contribution in [0.3, 0.4) is 0 Å². The maximum absolute atomic E-state index is 11.1. The van der Waals surface area contributed by atoms with E-state index >= 15 is 0 Å². The highest BCUT2D eigenvalue weighted by Gasteiger charge is 2.29. The highest BCUT2D eigenvalue weighted by Crippen LogP contribution is 2.31. The van der Waals surface area contributed by atoms with E-state index in [0.717, 1.165) is 10.9 Å². The number of nitro groups is 2. The molecule has 0 amide bonds. The van der Waals surface area contributed by atoms with Crippen LogP contribution >= 0.6 is 0 Å². The number of aromatic nitrogens is 6. The Morgan fingerprint density at radius 3 is 2.72 bits per heavy atom. The molecule has 25 heavy (non-hydrogen) atoms. The maximum atomic E-state index is 11.1. The van der Waals surface area contributed by atoms with Gasteiger partial charge in [0.05, 0.1) is 17.5 Å². The lowest BCUT2D eigenvalue weighted by Crippen LogP contribution is -2.06. The van der Waals surface area contributed by atoms with Crippen LogP contribution in [0.15, 0.2) is 16.9 Å². The number of ketones is 1. The van der Waals surface area contributed by atoms with Crippen molar-refractivity contribution in [3.05, 3.63) is 32.6 Å². The van der Waals surface area contributed by atoms with Crippen LogP contribution in [-0.4, -0.2) is 45.7 Å². The molecule has 128 valence electrons. The summed E-state index contributed by atoms with van der Waals surface area (Å²) in [6.07, 6.45) is 2.33. The van der Waals surface area contributed by atoms with Gasteiger partial charge in [0.1, 0.15) is 12.1 Å². The lowest BCUT2D eigenvalue weighted by atomic mass is 10.3. The van der Waals surface area contributed by atoms with Crippen LogP contribution in [-0.2, 0) is 11.3 Å². The van der Waals surface area contributed by atoms with Crippen molar-refractivity contribution in [2.24, 2.45) is 0 Å². The number of H-pyrrole nitrogens is 1. The molecule has 0 aromatic carbocycles. The van der Waals surface area contributed by atoms with Gasteiger partial charge >= 0.3 is 11.6 Å². The van der Waals surface area contributed by atoms with E-state index in [4.69, 9.17) is 4.52 Å². The zero-order valence-corrected chi connectivity index (χ0v) is 12.4. The molecule has 0 saturated heterocycles. The van der Waals surface area contributed by atoms with E-state index < -0.39 is 21.5 Å². The highest BCUT2D eigenvalue weighted by atomic mass is 16.6. The van der Waals surface area contributed by atoms with Crippen LogP contribution in [0, 0.1) is 20.2 Å². The molecule has 0 aliphatic heterocycles. The molecule has 0 radical (unpaired) electrons. The first-order valence-corrected chi connectivity index (χ1v) is 6.60. The van der Waals surface area contributed by atoms with Gasteiger partial charge in [0.25, 0.3) is 5.89 Å². The summed E-state index contributed by atoms with van der Waals surface area (Å²) >= 11 is 0. The van der Waals surface area contributed by atoms with E-state index in [1.54, 1.807) is 0 Å². The third-order valence-corrected chi connectivity index (χ3v) is 3.00. The van der Waals surface area contributed by atoms with Crippen molar-refractivity contribution in [3.8, 4) is 22.8 Å². The minimum absolute atomic E-state index is 0.0428. The number of carbonyl (C=O) groups excluding carboxylic acids is 1. The van der Waals surface area contributed by atoms with E-state index in [2.05, 4.69) is 25.4 Å². The Balaban J connectivity index is 2.03. The van der Waals surface area contributed by atoms with Gasteiger partial charge in [0.15, 0.2) is 11.3 Å². The molecule has 14 heteroatoms. The second-order valence-corrected chi connectivity index (χ2v) is 4.84. The van der Waals surface area contributed by atoms with E-state index in [9.17, 15) is 25.0 Å². The van der Waals surface area contributed by atoms with Crippen molar-refractivity contribution in [3.63, 3.8) is 0 Å². The molecule has 3 aromatic rings. The molecule has 0 bridgehead atoms. The van der Waals surface area contributed by atoms with Gasteiger partial charge in [-0.25, -0.2) is 0 Å². The largest absolute Gasteiger partial charge is 0.402 e. The molecule has 0 spiro atoms. The van der Waals surface area contributed by atoms with Crippen LogP contribution < -0.4 is 0 Å². The Hall–Kier alpha value is -3.97.